The van der Waals surface area contributed by atoms with Crippen molar-refractivity contribution in [1.82, 2.24) is 0 Å². The molecule has 1 heteroatoms. The Morgan fingerprint density at radius 3 is 2.92 bits per heavy atom. The molecular formula is C11H18O. The summed E-state index contributed by atoms with van der Waals surface area (Å²) < 4.78 is 0. The molecule has 0 heterocycles. The maximum Gasteiger partial charge on any atom is 0.0740 e. The van der Waals surface area contributed by atoms with Gasteiger partial charge in [-0.2, -0.15) is 0 Å². The highest BCUT2D eigenvalue weighted by Gasteiger charge is 2.51. The zero-order valence-electron chi connectivity index (χ0n) is 8.06. The summed E-state index contributed by atoms with van der Waals surface area (Å²) in [5.74, 6) is 0. The van der Waals surface area contributed by atoms with Gasteiger partial charge in [-0.1, -0.05) is 18.6 Å². The van der Waals surface area contributed by atoms with Crippen molar-refractivity contribution in [3.05, 3.63) is 11.6 Å². The zero-order valence-corrected chi connectivity index (χ0v) is 8.06. The van der Waals surface area contributed by atoms with E-state index in [9.17, 15) is 5.11 Å². The molecule has 0 aliphatic heterocycles. The predicted molar refractivity (Wildman–Crippen MR) is 49.9 cm³/mol. The molecule has 0 aromatic heterocycles. The number of rotatable bonds is 0. The molecule has 0 spiro atoms. The minimum atomic E-state index is -0.369. The van der Waals surface area contributed by atoms with Crippen LogP contribution in [0.5, 0.6) is 0 Å². The van der Waals surface area contributed by atoms with E-state index in [2.05, 4.69) is 19.9 Å². The summed E-state index contributed by atoms with van der Waals surface area (Å²) in [6, 6.07) is 0. The SMILES string of the molecule is CC1=CCC2(C)CCCC2(O)C1. The summed E-state index contributed by atoms with van der Waals surface area (Å²) in [7, 11) is 0. The summed E-state index contributed by atoms with van der Waals surface area (Å²) in [4.78, 5) is 0. The molecule has 1 nitrogen and oxygen atoms in total. The molecule has 0 amide bonds. The van der Waals surface area contributed by atoms with Gasteiger partial charge in [0, 0.05) is 5.41 Å². The maximum atomic E-state index is 10.4. The smallest absolute Gasteiger partial charge is 0.0740 e. The van der Waals surface area contributed by atoms with E-state index in [4.69, 9.17) is 0 Å². The highest BCUT2D eigenvalue weighted by molar-refractivity contribution is 5.18. The van der Waals surface area contributed by atoms with Crippen molar-refractivity contribution in [2.75, 3.05) is 0 Å². The Hall–Kier alpha value is -0.300. The fourth-order valence-electron chi connectivity index (χ4n) is 2.83. The topological polar surface area (TPSA) is 20.2 Å². The van der Waals surface area contributed by atoms with Crippen molar-refractivity contribution < 1.29 is 5.11 Å². The summed E-state index contributed by atoms with van der Waals surface area (Å²) in [6.45, 7) is 4.37. The first-order valence-electron chi connectivity index (χ1n) is 4.94. The summed E-state index contributed by atoms with van der Waals surface area (Å²) >= 11 is 0. The maximum absolute atomic E-state index is 10.4. The monoisotopic (exact) mass is 166 g/mol. The summed E-state index contributed by atoms with van der Waals surface area (Å²) in [5.41, 5.74) is 1.19. The van der Waals surface area contributed by atoms with Crippen LogP contribution in [-0.2, 0) is 0 Å². The Bertz CT molecular complexity index is 231. The van der Waals surface area contributed by atoms with Gasteiger partial charge in [0.25, 0.3) is 0 Å². The predicted octanol–water partition coefficient (Wildman–Crippen LogP) is 2.65. The van der Waals surface area contributed by atoms with Crippen LogP contribution in [0.1, 0.15) is 46.0 Å². The Kier molecular flexibility index (Phi) is 1.63. The van der Waals surface area contributed by atoms with Gasteiger partial charge >= 0.3 is 0 Å². The van der Waals surface area contributed by atoms with Crippen LogP contribution in [0.15, 0.2) is 11.6 Å². The van der Waals surface area contributed by atoms with Crippen LogP contribution in [0.2, 0.25) is 0 Å². The molecule has 0 bridgehead atoms. The van der Waals surface area contributed by atoms with Gasteiger partial charge in [-0.15, -0.1) is 0 Å². The second-order valence-electron chi connectivity index (χ2n) is 4.88. The van der Waals surface area contributed by atoms with Crippen molar-refractivity contribution in [2.24, 2.45) is 5.41 Å². The molecule has 0 aromatic rings. The molecule has 1 fully saturated rings. The van der Waals surface area contributed by atoms with Crippen molar-refractivity contribution in [3.8, 4) is 0 Å². The van der Waals surface area contributed by atoms with Crippen LogP contribution in [0.25, 0.3) is 0 Å². The average molecular weight is 166 g/mol. The zero-order chi connectivity index (χ0) is 8.82. The largest absolute Gasteiger partial charge is 0.389 e. The molecule has 2 aliphatic carbocycles. The molecule has 68 valence electrons. The summed E-state index contributed by atoms with van der Waals surface area (Å²) in [5, 5.41) is 10.4. The van der Waals surface area contributed by atoms with E-state index in [0.29, 0.717) is 0 Å². The van der Waals surface area contributed by atoms with Gasteiger partial charge in [0.05, 0.1) is 5.60 Å². The van der Waals surface area contributed by atoms with E-state index in [-0.39, 0.29) is 11.0 Å². The van der Waals surface area contributed by atoms with Gasteiger partial charge in [-0.3, -0.25) is 0 Å². The Morgan fingerprint density at radius 1 is 1.42 bits per heavy atom. The van der Waals surface area contributed by atoms with Crippen LogP contribution >= 0.6 is 0 Å². The van der Waals surface area contributed by atoms with Gasteiger partial charge in [0.1, 0.15) is 0 Å². The van der Waals surface area contributed by atoms with Gasteiger partial charge in [-0.25, -0.2) is 0 Å². The molecular weight excluding hydrogens is 148 g/mol. The van der Waals surface area contributed by atoms with E-state index in [0.717, 1.165) is 19.3 Å². The van der Waals surface area contributed by atoms with Gasteiger partial charge in [0.15, 0.2) is 0 Å². The molecule has 1 saturated carbocycles. The van der Waals surface area contributed by atoms with Crippen LogP contribution in [-0.4, -0.2) is 10.7 Å². The summed E-state index contributed by atoms with van der Waals surface area (Å²) in [6.07, 6.45) is 7.70. The quantitative estimate of drug-likeness (QED) is 0.548. The standard InChI is InChI=1S/C11H18O/c1-9-4-7-10(2)5-3-6-11(10,12)8-9/h4,12H,3,5-8H2,1-2H3. The second-order valence-corrected chi connectivity index (χ2v) is 4.88. The minimum Gasteiger partial charge on any atom is -0.389 e. The molecule has 0 saturated heterocycles. The van der Waals surface area contributed by atoms with E-state index in [1.807, 2.05) is 0 Å². The lowest BCUT2D eigenvalue weighted by molar-refractivity contribution is -0.0557. The molecule has 0 aromatic carbocycles. The van der Waals surface area contributed by atoms with Crippen LogP contribution in [0, 0.1) is 5.41 Å². The highest BCUT2D eigenvalue weighted by Crippen LogP contribution is 2.54. The average Bonchev–Trinajstić information content (AvgIpc) is 2.26. The van der Waals surface area contributed by atoms with Crippen LogP contribution in [0.3, 0.4) is 0 Å². The number of aliphatic hydroxyl groups is 1. The van der Waals surface area contributed by atoms with E-state index < -0.39 is 0 Å². The lowest BCUT2D eigenvalue weighted by atomic mass is 9.67. The molecule has 2 atom stereocenters. The minimum absolute atomic E-state index is 0.187. The Balaban J connectivity index is 2.33. The third-order valence-electron chi connectivity index (χ3n) is 3.91. The molecule has 12 heavy (non-hydrogen) atoms. The highest BCUT2D eigenvalue weighted by atomic mass is 16.3. The Labute approximate surface area is 74.5 Å². The van der Waals surface area contributed by atoms with Crippen molar-refractivity contribution in [1.29, 1.82) is 0 Å². The third-order valence-corrected chi connectivity index (χ3v) is 3.91. The number of fused-ring (bicyclic) bond motifs is 1. The first kappa shape index (κ1) is 8.31. The first-order chi connectivity index (χ1) is 5.56. The van der Waals surface area contributed by atoms with Gasteiger partial charge in [0.2, 0.25) is 0 Å². The molecule has 2 unspecified atom stereocenters. The molecule has 2 aliphatic rings. The fraction of sp³-hybridized carbons (Fsp3) is 0.818. The van der Waals surface area contributed by atoms with Crippen molar-refractivity contribution in [3.63, 3.8) is 0 Å². The third kappa shape index (κ3) is 0.957. The second kappa shape index (κ2) is 2.35. The number of hydrogen-bond donors (Lipinski definition) is 1. The van der Waals surface area contributed by atoms with Crippen LogP contribution < -0.4 is 0 Å². The van der Waals surface area contributed by atoms with Crippen LogP contribution in [0.4, 0.5) is 0 Å². The Morgan fingerprint density at radius 2 is 2.17 bits per heavy atom. The first-order valence-corrected chi connectivity index (χ1v) is 4.94. The lowest BCUT2D eigenvalue weighted by Crippen LogP contribution is -2.43. The van der Waals surface area contributed by atoms with E-state index in [1.165, 1.54) is 18.4 Å². The fourth-order valence-corrected chi connectivity index (χ4v) is 2.83. The van der Waals surface area contributed by atoms with Crippen molar-refractivity contribution in [2.45, 2.75) is 51.6 Å². The molecule has 1 N–H and O–H groups in total. The van der Waals surface area contributed by atoms with Gasteiger partial charge < -0.3 is 5.11 Å². The molecule has 2 rings (SSSR count). The number of hydrogen-bond acceptors (Lipinski definition) is 1. The van der Waals surface area contributed by atoms with E-state index in [1.54, 1.807) is 0 Å². The molecule has 0 radical (unpaired) electrons. The lowest BCUT2D eigenvalue weighted by Gasteiger charge is -2.42. The number of allylic oxidation sites excluding steroid dienone is 1. The van der Waals surface area contributed by atoms with Gasteiger partial charge in [-0.05, 0) is 39.0 Å². The normalized spacial score (nSPS) is 47.1. The van der Waals surface area contributed by atoms with Crippen molar-refractivity contribution >= 4 is 0 Å². The van der Waals surface area contributed by atoms with E-state index >= 15 is 0 Å².